The van der Waals surface area contributed by atoms with Crippen molar-refractivity contribution in [3.8, 4) is 5.75 Å². The Bertz CT molecular complexity index is 674. The molecule has 1 N–H and O–H groups in total. The van der Waals surface area contributed by atoms with E-state index in [1.54, 1.807) is 19.2 Å². The lowest BCUT2D eigenvalue weighted by molar-refractivity contribution is 0.0949. The van der Waals surface area contributed by atoms with Gasteiger partial charge in [-0.1, -0.05) is 12.1 Å². The van der Waals surface area contributed by atoms with E-state index in [-0.39, 0.29) is 5.91 Å². The van der Waals surface area contributed by atoms with E-state index in [1.807, 2.05) is 18.3 Å². The minimum atomic E-state index is -0.108. The van der Waals surface area contributed by atoms with E-state index in [0.29, 0.717) is 23.8 Å². The molecule has 0 unspecified atom stereocenters. The van der Waals surface area contributed by atoms with E-state index in [2.05, 4.69) is 21.8 Å². The number of hydrogen-bond donors (Lipinski definition) is 1. The van der Waals surface area contributed by atoms with Crippen molar-refractivity contribution in [3.05, 3.63) is 47.5 Å². The molecule has 1 aromatic carbocycles. The van der Waals surface area contributed by atoms with Gasteiger partial charge in [0, 0.05) is 30.9 Å². The summed E-state index contributed by atoms with van der Waals surface area (Å²) in [5.74, 6) is 2.25. The first-order valence-electron chi connectivity index (χ1n) is 7.64. The van der Waals surface area contributed by atoms with E-state index >= 15 is 0 Å². The van der Waals surface area contributed by atoms with Crippen LogP contribution in [0.3, 0.4) is 0 Å². The van der Waals surface area contributed by atoms with E-state index in [9.17, 15) is 4.79 Å². The number of carbonyl (C=O) groups excluding carboxylic acids is 1. The van der Waals surface area contributed by atoms with Crippen LogP contribution >= 0.6 is 0 Å². The molecular formula is C17H21N3O2. The van der Waals surface area contributed by atoms with Crippen LogP contribution in [0.4, 0.5) is 0 Å². The van der Waals surface area contributed by atoms with Crippen molar-refractivity contribution >= 4 is 5.91 Å². The van der Waals surface area contributed by atoms with Crippen molar-refractivity contribution in [2.75, 3.05) is 13.7 Å². The lowest BCUT2D eigenvalue weighted by Gasteiger charge is -2.12. The first-order valence-corrected chi connectivity index (χ1v) is 7.64. The molecule has 3 rings (SSSR count). The Kier molecular flexibility index (Phi) is 4.13. The Morgan fingerprint density at radius 3 is 2.91 bits per heavy atom. The predicted molar refractivity (Wildman–Crippen MR) is 84.3 cm³/mol. The Hall–Kier alpha value is -2.30. The molecule has 116 valence electrons. The van der Waals surface area contributed by atoms with Gasteiger partial charge in [-0.15, -0.1) is 0 Å². The van der Waals surface area contributed by atoms with Crippen LogP contribution in [0.25, 0.3) is 0 Å². The maximum atomic E-state index is 12.3. The van der Waals surface area contributed by atoms with Crippen molar-refractivity contribution in [3.63, 3.8) is 0 Å². The van der Waals surface area contributed by atoms with Crippen LogP contribution in [-0.2, 0) is 6.54 Å². The number of ether oxygens (including phenoxy) is 1. The van der Waals surface area contributed by atoms with Gasteiger partial charge in [0.05, 0.1) is 12.7 Å². The summed E-state index contributed by atoms with van der Waals surface area (Å²) in [7, 11) is 1.57. The van der Waals surface area contributed by atoms with Crippen LogP contribution in [-0.4, -0.2) is 29.1 Å². The van der Waals surface area contributed by atoms with Crippen LogP contribution in [0.1, 0.15) is 40.6 Å². The fourth-order valence-electron chi connectivity index (χ4n) is 2.65. The molecule has 5 nitrogen and oxygen atoms in total. The molecule has 5 heteroatoms. The van der Waals surface area contributed by atoms with Gasteiger partial charge in [-0.3, -0.25) is 4.79 Å². The van der Waals surface area contributed by atoms with Gasteiger partial charge in [0.2, 0.25) is 0 Å². The predicted octanol–water partition coefficient (Wildman–Crippen LogP) is 2.51. The summed E-state index contributed by atoms with van der Waals surface area (Å²) in [5, 5.41) is 2.96. The van der Waals surface area contributed by atoms with Crippen molar-refractivity contribution in [2.45, 2.75) is 32.2 Å². The topological polar surface area (TPSA) is 56.1 Å². The third kappa shape index (κ3) is 2.98. The van der Waals surface area contributed by atoms with Gasteiger partial charge in [0.1, 0.15) is 11.6 Å². The fourth-order valence-corrected chi connectivity index (χ4v) is 2.65. The molecule has 0 spiro atoms. The molecule has 1 aromatic heterocycles. The van der Waals surface area contributed by atoms with Crippen molar-refractivity contribution in [1.29, 1.82) is 0 Å². The highest BCUT2D eigenvalue weighted by Gasteiger charge is 2.28. The van der Waals surface area contributed by atoms with Crippen molar-refractivity contribution < 1.29 is 9.53 Å². The molecule has 1 amide bonds. The number of aryl methyl sites for hydroxylation is 1. The zero-order valence-corrected chi connectivity index (χ0v) is 13.0. The molecule has 1 aliphatic rings. The Morgan fingerprint density at radius 2 is 2.18 bits per heavy atom. The van der Waals surface area contributed by atoms with E-state index < -0.39 is 0 Å². The second-order valence-electron chi connectivity index (χ2n) is 5.64. The van der Waals surface area contributed by atoms with Crippen LogP contribution in [0, 0.1) is 6.92 Å². The number of hydrogen-bond acceptors (Lipinski definition) is 3. The molecule has 1 aliphatic carbocycles. The highest BCUT2D eigenvalue weighted by atomic mass is 16.5. The number of benzene rings is 1. The number of imidazole rings is 1. The van der Waals surface area contributed by atoms with Crippen LogP contribution < -0.4 is 10.1 Å². The molecule has 0 atom stereocenters. The summed E-state index contributed by atoms with van der Waals surface area (Å²) in [4.78, 5) is 16.7. The van der Waals surface area contributed by atoms with E-state index in [4.69, 9.17) is 4.74 Å². The SMILES string of the molecule is COc1ccccc1C(=O)NCCn1c(C)cnc1C1CC1. The number of aromatic nitrogens is 2. The molecule has 1 heterocycles. The van der Waals surface area contributed by atoms with Gasteiger partial charge < -0.3 is 14.6 Å². The van der Waals surface area contributed by atoms with Crippen LogP contribution in [0.15, 0.2) is 30.5 Å². The summed E-state index contributed by atoms with van der Waals surface area (Å²) in [6.07, 6.45) is 4.36. The first kappa shape index (κ1) is 14.6. The average molecular weight is 299 g/mol. The minimum absolute atomic E-state index is 0.108. The highest BCUT2D eigenvalue weighted by Crippen LogP contribution is 2.39. The number of carbonyl (C=O) groups is 1. The number of methoxy groups -OCH3 is 1. The summed E-state index contributed by atoms with van der Waals surface area (Å²) < 4.78 is 7.43. The summed E-state index contributed by atoms with van der Waals surface area (Å²) in [5.41, 5.74) is 1.71. The highest BCUT2D eigenvalue weighted by molar-refractivity contribution is 5.96. The quantitative estimate of drug-likeness (QED) is 0.891. The molecule has 0 saturated heterocycles. The lowest BCUT2D eigenvalue weighted by atomic mass is 10.2. The molecule has 1 saturated carbocycles. The number of rotatable bonds is 6. The van der Waals surface area contributed by atoms with Crippen LogP contribution in [0.5, 0.6) is 5.75 Å². The normalized spacial score (nSPS) is 13.9. The number of amides is 1. The molecule has 2 aromatic rings. The monoisotopic (exact) mass is 299 g/mol. The lowest BCUT2D eigenvalue weighted by Crippen LogP contribution is -2.28. The third-order valence-corrected chi connectivity index (χ3v) is 4.00. The smallest absolute Gasteiger partial charge is 0.255 e. The molecular weight excluding hydrogens is 278 g/mol. The third-order valence-electron chi connectivity index (χ3n) is 4.00. The number of para-hydroxylation sites is 1. The second-order valence-corrected chi connectivity index (χ2v) is 5.64. The van der Waals surface area contributed by atoms with Gasteiger partial charge in [0.15, 0.2) is 0 Å². The zero-order valence-electron chi connectivity index (χ0n) is 13.0. The minimum Gasteiger partial charge on any atom is -0.496 e. The van der Waals surface area contributed by atoms with Crippen molar-refractivity contribution in [2.24, 2.45) is 0 Å². The fraction of sp³-hybridized carbons (Fsp3) is 0.412. The first-order chi connectivity index (χ1) is 10.7. The van der Waals surface area contributed by atoms with E-state index in [1.165, 1.54) is 12.8 Å². The zero-order chi connectivity index (χ0) is 15.5. The standard InChI is InChI=1S/C17H21N3O2/c1-12-11-19-16(13-7-8-13)20(12)10-9-18-17(21)14-5-3-4-6-15(14)22-2/h3-6,11,13H,7-10H2,1-2H3,(H,18,21). The van der Waals surface area contributed by atoms with Gasteiger partial charge in [-0.2, -0.15) is 0 Å². The maximum Gasteiger partial charge on any atom is 0.255 e. The van der Waals surface area contributed by atoms with Crippen LogP contribution in [0.2, 0.25) is 0 Å². The summed E-state index contributed by atoms with van der Waals surface area (Å²) in [6, 6.07) is 7.25. The van der Waals surface area contributed by atoms with Gasteiger partial charge >= 0.3 is 0 Å². The summed E-state index contributed by atoms with van der Waals surface area (Å²) in [6.45, 7) is 3.38. The Labute approximate surface area is 130 Å². The van der Waals surface area contributed by atoms with E-state index in [0.717, 1.165) is 18.1 Å². The van der Waals surface area contributed by atoms with Gasteiger partial charge in [-0.05, 0) is 31.9 Å². The maximum absolute atomic E-state index is 12.3. The van der Waals surface area contributed by atoms with Crippen molar-refractivity contribution in [1.82, 2.24) is 14.9 Å². The molecule has 1 fully saturated rings. The van der Waals surface area contributed by atoms with Gasteiger partial charge in [0.25, 0.3) is 5.91 Å². The molecule has 0 radical (unpaired) electrons. The Balaban J connectivity index is 1.61. The molecule has 0 aliphatic heterocycles. The average Bonchev–Trinajstić information content (AvgIpc) is 3.32. The van der Waals surface area contributed by atoms with Gasteiger partial charge in [-0.25, -0.2) is 4.98 Å². The number of nitrogens with one attached hydrogen (secondary N) is 1. The molecule has 22 heavy (non-hydrogen) atoms. The Morgan fingerprint density at radius 1 is 1.41 bits per heavy atom. The summed E-state index contributed by atoms with van der Waals surface area (Å²) >= 11 is 0. The largest absolute Gasteiger partial charge is 0.496 e. The second kappa shape index (κ2) is 6.22. The number of nitrogens with zero attached hydrogens (tertiary/aromatic N) is 2. The molecule has 0 bridgehead atoms.